The van der Waals surface area contributed by atoms with E-state index in [0.717, 1.165) is 17.9 Å². The number of pyridine rings is 1. The van der Waals surface area contributed by atoms with E-state index in [2.05, 4.69) is 16.2 Å². The van der Waals surface area contributed by atoms with Crippen LogP contribution in [0.3, 0.4) is 0 Å². The van der Waals surface area contributed by atoms with Crippen LogP contribution >= 0.6 is 11.8 Å². The number of terminal acetylenes is 1. The third-order valence-corrected chi connectivity index (χ3v) is 3.66. The molecule has 18 heavy (non-hydrogen) atoms. The van der Waals surface area contributed by atoms with Crippen molar-refractivity contribution in [1.82, 2.24) is 10.3 Å². The Balaban J connectivity index is 2.00. The van der Waals surface area contributed by atoms with Gasteiger partial charge in [0, 0.05) is 23.6 Å². The first-order valence-corrected chi connectivity index (χ1v) is 6.87. The number of aromatic nitrogens is 1. The molecule has 0 aliphatic carbocycles. The van der Waals surface area contributed by atoms with Crippen molar-refractivity contribution >= 4 is 17.7 Å². The third kappa shape index (κ3) is 3.41. The zero-order valence-corrected chi connectivity index (χ0v) is 10.7. The van der Waals surface area contributed by atoms with Crippen molar-refractivity contribution in [1.29, 1.82) is 0 Å². The van der Waals surface area contributed by atoms with Crippen LogP contribution in [0, 0.1) is 12.3 Å². The second-order valence-electron chi connectivity index (χ2n) is 3.87. The first-order chi connectivity index (χ1) is 8.79. The van der Waals surface area contributed by atoms with Crippen LogP contribution in [0.5, 0.6) is 5.88 Å². The van der Waals surface area contributed by atoms with E-state index in [-0.39, 0.29) is 18.6 Å². The van der Waals surface area contributed by atoms with Gasteiger partial charge in [-0.15, -0.1) is 6.42 Å². The summed E-state index contributed by atoms with van der Waals surface area (Å²) < 4.78 is 5.72. The summed E-state index contributed by atoms with van der Waals surface area (Å²) in [5, 5.41) is 2.61. The van der Waals surface area contributed by atoms with Gasteiger partial charge in [0.25, 0.3) is 5.91 Å². The maximum Gasteiger partial charge on any atom is 0.252 e. The number of thioether (sulfide) groups is 1. The number of nitrogens with zero attached hydrogens (tertiary/aromatic N) is 1. The topological polar surface area (TPSA) is 51.2 Å². The van der Waals surface area contributed by atoms with E-state index >= 15 is 0 Å². The lowest BCUT2D eigenvalue weighted by molar-refractivity contribution is 0.0957. The molecule has 1 aromatic rings. The van der Waals surface area contributed by atoms with Gasteiger partial charge >= 0.3 is 0 Å². The molecule has 2 rings (SSSR count). The molecule has 94 valence electrons. The van der Waals surface area contributed by atoms with Gasteiger partial charge in [-0.1, -0.05) is 5.92 Å². The molecule has 0 saturated carbocycles. The maximum absolute atomic E-state index is 11.7. The highest BCUT2D eigenvalue weighted by atomic mass is 32.2. The molecule has 5 heteroatoms. The molecule has 4 nitrogen and oxygen atoms in total. The normalized spacial score (nSPS) is 18.1. The number of carbonyl (C=O) groups excluding carboxylic acids is 1. The number of amides is 1. The smallest absolute Gasteiger partial charge is 0.252 e. The van der Waals surface area contributed by atoms with Crippen molar-refractivity contribution in [2.45, 2.75) is 12.5 Å². The van der Waals surface area contributed by atoms with Crippen molar-refractivity contribution in [2.75, 3.05) is 18.1 Å². The first kappa shape index (κ1) is 12.8. The van der Waals surface area contributed by atoms with E-state index in [0.29, 0.717) is 11.4 Å². The van der Waals surface area contributed by atoms with Gasteiger partial charge in [-0.25, -0.2) is 4.98 Å². The number of rotatable bonds is 4. The quantitative estimate of drug-likeness (QED) is 0.832. The van der Waals surface area contributed by atoms with E-state index in [1.807, 2.05) is 11.8 Å². The van der Waals surface area contributed by atoms with Gasteiger partial charge in [0.15, 0.2) is 0 Å². The fraction of sp³-hybridized carbons (Fsp3) is 0.385. The van der Waals surface area contributed by atoms with Crippen molar-refractivity contribution < 1.29 is 9.53 Å². The number of hydrogen-bond donors (Lipinski definition) is 1. The van der Waals surface area contributed by atoms with E-state index in [1.54, 1.807) is 18.3 Å². The van der Waals surface area contributed by atoms with Gasteiger partial charge in [-0.2, -0.15) is 11.8 Å². The van der Waals surface area contributed by atoms with Crippen LogP contribution in [0.15, 0.2) is 18.3 Å². The predicted octanol–water partition coefficient (Wildman–Crippen LogP) is 1.33. The van der Waals surface area contributed by atoms with Crippen LogP contribution < -0.4 is 10.1 Å². The van der Waals surface area contributed by atoms with Gasteiger partial charge in [0.05, 0.1) is 6.54 Å². The van der Waals surface area contributed by atoms with Gasteiger partial charge < -0.3 is 10.1 Å². The van der Waals surface area contributed by atoms with Crippen LogP contribution in [0.25, 0.3) is 0 Å². The number of ether oxygens (including phenoxy) is 1. The molecule has 2 heterocycles. The number of nitrogens with one attached hydrogen (secondary N) is 1. The lowest BCUT2D eigenvalue weighted by atomic mass is 10.2. The summed E-state index contributed by atoms with van der Waals surface area (Å²) in [4.78, 5) is 15.8. The monoisotopic (exact) mass is 262 g/mol. The molecule has 1 N–H and O–H groups in total. The Labute approximate surface area is 111 Å². The second-order valence-corrected chi connectivity index (χ2v) is 5.02. The predicted molar refractivity (Wildman–Crippen MR) is 71.8 cm³/mol. The molecule has 0 spiro atoms. The van der Waals surface area contributed by atoms with Crippen LogP contribution in [0.1, 0.15) is 16.8 Å². The maximum atomic E-state index is 11.7. The van der Waals surface area contributed by atoms with Crippen molar-refractivity contribution in [3.05, 3.63) is 23.9 Å². The Morgan fingerprint density at radius 1 is 1.72 bits per heavy atom. The zero-order chi connectivity index (χ0) is 12.8. The summed E-state index contributed by atoms with van der Waals surface area (Å²) in [5.74, 6) is 4.75. The van der Waals surface area contributed by atoms with Gasteiger partial charge in [0.1, 0.15) is 6.10 Å². The highest BCUT2D eigenvalue weighted by Crippen LogP contribution is 2.22. The molecule has 1 saturated heterocycles. The largest absolute Gasteiger partial charge is 0.473 e. The Morgan fingerprint density at radius 2 is 2.61 bits per heavy atom. The average molecular weight is 262 g/mol. The summed E-state index contributed by atoms with van der Waals surface area (Å²) in [6.45, 7) is 0.219. The van der Waals surface area contributed by atoms with Crippen molar-refractivity contribution in [3.8, 4) is 18.2 Å². The van der Waals surface area contributed by atoms with Crippen LogP contribution in [-0.4, -0.2) is 35.0 Å². The Hall–Kier alpha value is -1.67. The number of carbonyl (C=O) groups is 1. The SMILES string of the molecule is C#CCNC(=O)c1ccnc(O[C@@H]2CCSC2)c1. The van der Waals surface area contributed by atoms with Crippen molar-refractivity contribution in [2.24, 2.45) is 0 Å². The van der Waals surface area contributed by atoms with Gasteiger partial charge in [-0.05, 0) is 18.2 Å². The summed E-state index contributed by atoms with van der Waals surface area (Å²) in [7, 11) is 0. The minimum absolute atomic E-state index is 0.200. The zero-order valence-electron chi connectivity index (χ0n) is 9.89. The molecule has 1 atom stereocenters. The molecule has 0 radical (unpaired) electrons. The molecule has 1 aliphatic heterocycles. The minimum Gasteiger partial charge on any atom is -0.473 e. The summed E-state index contributed by atoms with van der Waals surface area (Å²) in [6, 6.07) is 3.29. The average Bonchev–Trinajstić information content (AvgIpc) is 2.89. The van der Waals surface area contributed by atoms with Crippen molar-refractivity contribution in [3.63, 3.8) is 0 Å². The lowest BCUT2D eigenvalue weighted by Gasteiger charge is -2.11. The van der Waals surface area contributed by atoms with E-state index in [1.165, 1.54) is 0 Å². The third-order valence-electron chi connectivity index (χ3n) is 2.52. The second kappa shape index (κ2) is 6.31. The van der Waals surface area contributed by atoms with Crippen LogP contribution in [0.2, 0.25) is 0 Å². The standard InChI is InChI=1S/C13H14N2O2S/c1-2-5-15-13(16)10-3-6-14-12(8-10)17-11-4-7-18-9-11/h1,3,6,8,11H,4-5,7,9H2,(H,15,16)/t11-/m1/s1. The molecule has 1 fully saturated rings. The Bertz CT molecular complexity index is 464. The lowest BCUT2D eigenvalue weighted by Crippen LogP contribution is -2.23. The van der Waals surface area contributed by atoms with E-state index in [9.17, 15) is 4.79 Å². The van der Waals surface area contributed by atoms with Crippen LogP contribution in [-0.2, 0) is 0 Å². The van der Waals surface area contributed by atoms with Gasteiger partial charge in [0.2, 0.25) is 5.88 Å². The molecular formula is C13H14N2O2S. The minimum atomic E-state index is -0.207. The number of hydrogen-bond acceptors (Lipinski definition) is 4. The fourth-order valence-electron chi connectivity index (χ4n) is 1.63. The Morgan fingerprint density at radius 3 is 3.33 bits per heavy atom. The molecule has 0 bridgehead atoms. The molecule has 0 aromatic carbocycles. The fourth-order valence-corrected chi connectivity index (χ4v) is 2.72. The van der Waals surface area contributed by atoms with Crippen LogP contribution in [0.4, 0.5) is 0 Å². The Kier molecular flexibility index (Phi) is 4.48. The summed E-state index contributed by atoms with van der Waals surface area (Å²) >= 11 is 1.87. The molecule has 0 unspecified atom stereocenters. The highest BCUT2D eigenvalue weighted by Gasteiger charge is 2.18. The summed E-state index contributed by atoms with van der Waals surface area (Å²) in [5.41, 5.74) is 0.515. The van der Waals surface area contributed by atoms with E-state index in [4.69, 9.17) is 11.2 Å². The molecule has 1 amide bonds. The molecule has 1 aliphatic rings. The molecule has 1 aromatic heterocycles. The van der Waals surface area contributed by atoms with E-state index < -0.39 is 0 Å². The first-order valence-electron chi connectivity index (χ1n) is 5.71. The molecular weight excluding hydrogens is 248 g/mol. The highest BCUT2D eigenvalue weighted by molar-refractivity contribution is 7.99. The van der Waals surface area contributed by atoms with Gasteiger partial charge in [-0.3, -0.25) is 4.79 Å². The summed E-state index contributed by atoms with van der Waals surface area (Å²) in [6.07, 6.45) is 7.89.